The molecule has 0 atom stereocenters. The van der Waals surface area contributed by atoms with Crippen molar-refractivity contribution in [1.82, 2.24) is 0 Å². The minimum absolute atomic E-state index is 0.0197. The molecule has 1 aliphatic carbocycles. The molecule has 9 rings (SSSR count). The van der Waals surface area contributed by atoms with Crippen LogP contribution in [0.2, 0.25) is 0 Å². The van der Waals surface area contributed by atoms with Crippen LogP contribution in [0.1, 0.15) is 77.6 Å². The van der Waals surface area contributed by atoms with Gasteiger partial charge in [-0.15, -0.1) is 11.3 Å². The van der Waals surface area contributed by atoms with Crippen LogP contribution < -0.4 is 4.90 Å². The fraction of sp³-hybridized carbons (Fsp3) is 0.234. The maximum absolute atomic E-state index is 6.91. The van der Waals surface area contributed by atoms with Crippen LogP contribution in [0, 0.1) is 0 Å². The van der Waals surface area contributed by atoms with E-state index in [9.17, 15) is 0 Å². The van der Waals surface area contributed by atoms with Crippen molar-refractivity contribution in [3.8, 4) is 11.1 Å². The van der Waals surface area contributed by atoms with Crippen LogP contribution in [0.5, 0.6) is 0 Å². The van der Waals surface area contributed by atoms with Gasteiger partial charge >= 0.3 is 0 Å². The Balaban J connectivity index is 1.40. The van der Waals surface area contributed by atoms with Gasteiger partial charge in [0.25, 0.3) is 0 Å². The Labute approximate surface area is 299 Å². The summed E-state index contributed by atoms with van der Waals surface area (Å²) in [6, 6.07) is 43.0. The molecule has 0 N–H and O–H groups in total. The molecule has 0 saturated carbocycles. The smallest absolute Gasteiger partial charge is 0.139 e. The summed E-state index contributed by atoms with van der Waals surface area (Å²) in [5.41, 5.74) is 13.1. The van der Waals surface area contributed by atoms with Gasteiger partial charge in [0.1, 0.15) is 11.2 Å². The van der Waals surface area contributed by atoms with E-state index in [0.29, 0.717) is 0 Å². The van der Waals surface area contributed by atoms with Crippen LogP contribution in [0.3, 0.4) is 0 Å². The predicted octanol–water partition coefficient (Wildman–Crippen LogP) is 14.3. The molecule has 248 valence electrons. The second kappa shape index (κ2) is 10.6. The van der Waals surface area contributed by atoms with Gasteiger partial charge in [0.2, 0.25) is 0 Å². The lowest BCUT2D eigenvalue weighted by molar-refractivity contribution is 0.559. The lowest BCUT2D eigenvalue weighted by Crippen LogP contribution is -2.17. The predicted molar refractivity (Wildman–Crippen MR) is 216 cm³/mol. The Morgan fingerprint density at radius 3 is 2.04 bits per heavy atom. The summed E-state index contributed by atoms with van der Waals surface area (Å²) in [5, 5.41) is 4.90. The molecular formula is C47H43NOS. The van der Waals surface area contributed by atoms with Gasteiger partial charge in [-0.25, -0.2) is 0 Å². The Morgan fingerprint density at radius 2 is 1.26 bits per heavy atom. The van der Waals surface area contributed by atoms with Crippen molar-refractivity contribution in [2.75, 3.05) is 4.90 Å². The molecule has 50 heavy (non-hydrogen) atoms. The number of nitrogens with zero attached hydrogens (tertiary/aromatic N) is 1. The summed E-state index contributed by atoms with van der Waals surface area (Å²) in [4.78, 5) is 2.51. The highest BCUT2D eigenvalue weighted by Crippen LogP contribution is 2.53. The Bertz CT molecular complexity index is 2650. The Kier molecular flexibility index (Phi) is 6.59. The van der Waals surface area contributed by atoms with Gasteiger partial charge in [-0.3, -0.25) is 0 Å². The third-order valence-corrected chi connectivity index (χ3v) is 12.1. The van der Waals surface area contributed by atoms with E-state index < -0.39 is 0 Å². The summed E-state index contributed by atoms with van der Waals surface area (Å²) in [7, 11) is 0. The van der Waals surface area contributed by atoms with Crippen LogP contribution in [0.25, 0.3) is 53.2 Å². The summed E-state index contributed by atoms with van der Waals surface area (Å²) < 4.78 is 9.50. The average molecular weight is 670 g/mol. The lowest BCUT2D eigenvalue weighted by atomic mass is 9.79. The Morgan fingerprint density at radius 1 is 0.580 bits per heavy atom. The summed E-state index contributed by atoms with van der Waals surface area (Å²) in [6.45, 7) is 18.5. The number of furan rings is 1. The van der Waals surface area contributed by atoms with Crippen molar-refractivity contribution in [3.63, 3.8) is 0 Å². The first-order chi connectivity index (χ1) is 23.8. The second-order valence-electron chi connectivity index (χ2n) is 16.6. The Hall–Kier alpha value is -4.86. The van der Waals surface area contributed by atoms with Crippen molar-refractivity contribution in [2.24, 2.45) is 0 Å². The van der Waals surface area contributed by atoms with Gasteiger partial charge in [0, 0.05) is 42.2 Å². The second-order valence-corrected chi connectivity index (χ2v) is 17.7. The molecule has 0 amide bonds. The van der Waals surface area contributed by atoms with Crippen LogP contribution in [-0.4, -0.2) is 0 Å². The molecule has 8 aromatic rings. The molecule has 0 fully saturated rings. The highest BCUT2D eigenvalue weighted by Gasteiger charge is 2.36. The van der Waals surface area contributed by atoms with Crippen LogP contribution in [-0.2, 0) is 16.2 Å². The maximum Gasteiger partial charge on any atom is 0.139 e. The van der Waals surface area contributed by atoms with E-state index in [2.05, 4.69) is 176 Å². The van der Waals surface area contributed by atoms with Crippen molar-refractivity contribution < 1.29 is 4.42 Å². The third-order valence-electron chi connectivity index (χ3n) is 10.9. The number of anilines is 3. The summed E-state index contributed by atoms with van der Waals surface area (Å²) in [6.07, 6.45) is 0. The van der Waals surface area contributed by atoms with Crippen molar-refractivity contribution >= 4 is 70.5 Å². The average Bonchev–Trinajstić information content (AvgIpc) is 3.72. The first-order valence-corrected chi connectivity index (χ1v) is 18.6. The molecule has 2 nitrogen and oxygen atoms in total. The highest BCUT2D eigenvalue weighted by atomic mass is 32.1. The van der Waals surface area contributed by atoms with E-state index >= 15 is 0 Å². The molecule has 0 radical (unpaired) electrons. The zero-order valence-electron chi connectivity index (χ0n) is 30.2. The fourth-order valence-electron chi connectivity index (χ4n) is 8.27. The monoisotopic (exact) mass is 669 g/mol. The topological polar surface area (TPSA) is 16.4 Å². The number of fused-ring (bicyclic) bond motifs is 9. The maximum atomic E-state index is 6.91. The number of hydrogen-bond donors (Lipinski definition) is 0. The highest BCUT2D eigenvalue weighted by molar-refractivity contribution is 7.26. The largest absolute Gasteiger partial charge is 0.456 e. The van der Waals surface area contributed by atoms with E-state index in [-0.39, 0.29) is 16.2 Å². The zero-order chi connectivity index (χ0) is 34.7. The number of thiophene rings is 1. The minimum Gasteiger partial charge on any atom is -0.456 e. The minimum atomic E-state index is -0.119. The molecule has 0 spiro atoms. The van der Waals surface area contributed by atoms with Gasteiger partial charge in [-0.05, 0) is 87.2 Å². The number of rotatable bonds is 3. The van der Waals surface area contributed by atoms with Gasteiger partial charge < -0.3 is 9.32 Å². The van der Waals surface area contributed by atoms with Crippen molar-refractivity contribution in [2.45, 2.75) is 71.6 Å². The molecule has 0 aliphatic heterocycles. The number of benzene rings is 6. The molecule has 3 heteroatoms. The van der Waals surface area contributed by atoms with E-state index in [1.54, 1.807) is 0 Å². The normalized spacial score (nSPS) is 14.2. The van der Waals surface area contributed by atoms with Crippen molar-refractivity contribution in [3.05, 3.63) is 138 Å². The van der Waals surface area contributed by atoms with E-state index in [0.717, 1.165) is 27.9 Å². The van der Waals surface area contributed by atoms with Crippen LogP contribution in [0.4, 0.5) is 17.1 Å². The lowest BCUT2D eigenvalue weighted by Gasteiger charge is -2.29. The van der Waals surface area contributed by atoms with Crippen LogP contribution >= 0.6 is 11.3 Å². The van der Waals surface area contributed by atoms with E-state index in [1.165, 1.54) is 64.6 Å². The molecule has 6 aromatic carbocycles. The fourth-order valence-corrected chi connectivity index (χ4v) is 9.39. The quantitative estimate of drug-likeness (QED) is 0.186. The molecule has 1 aliphatic rings. The SMILES string of the molecule is CC(C)(C)c1cc(C(C)(C)C)c2oc3cccc(N(c4ccc5c(c4)C(C)(C)c4ccccc4-5)c4cccc5sc6ccccc6c45)c3c2c1. The molecular weight excluding hydrogens is 627 g/mol. The zero-order valence-corrected chi connectivity index (χ0v) is 31.0. The van der Waals surface area contributed by atoms with E-state index in [1.807, 2.05) is 11.3 Å². The first kappa shape index (κ1) is 31.1. The molecule has 2 aromatic heterocycles. The number of hydrogen-bond acceptors (Lipinski definition) is 3. The third kappa shape index (κ3) is 4.52. The van der Waals surface area contributed by atoms with Crippen LogP contribution in [0.15, 0.2) is 120 Å². The molecule has 0 unspecified atom stereocenters. The van der Waals surface area contributed by atoms with Gasteiger partial charge in [0.05, 0.1) is 16.8 Å². The standard InChI is InChI=1S/C47H43NOS/c1-45(2,3)28-25-33-42-37(18-13-20-39(42)49-44(33)36(26-28)46(4,5)6)48(38-19-14-22-41-43(38)32-16-10-12-21-40(32)50-41)29-23-24-31-30-15-9-11-17-34(30)47(7,8)35(31)27-29/h9-27H,1-8H3. The molecule has 2 heterocycles. The first-order valence-electron chi connectivity index (χ1n) is 17.8. The summed E-state index contributed by atoms with van der Waals surface area (Å²) >= 11 is 1.87. The van der Waals surface area contributed by atoms with Gasteiger partial charge in [-0.2, -0.15) is 0 Å². The van der Waals surface area contributed by atoms with E-state index in [4.69, 9.17) is 4.42 Å². The van der Waals surface area contributed by atoms with Gasteiger partial charge in [-0.1, -0.05) is 122 Å². The van der Waals surface area contributed by atoms with Gasteiger partial charge in [0.15, 0.2) is 0 Å². The summed E-state index contributed by atoms with van der Waals surface area (Å²) in [5.74, 6) is 0. The van der Waals surface area contributed by atoms with Crippen molar-refractivity contribution in [1.29, 1.82) is 0 Å². The molecule has 0 bridgehead atoms. The molecule has 0 saturated heterocycles.